The maximum Gasteiger partial charge on any atom is 0.0571 e. The first-order valence-electron chi connectivity index (χ1n) is 6.99. The van der Waals surface area contributed by atoms with Gasteiger partial charge in [-0.05, 0) is 31.0 Å². The standard InChI is InChI=1S/C16H23N3/c1-5-16(17-6-2)14-9-7-13(8-10-14)15-11-18-19(4)12(15)3/h7-11,16-17H,5-6H2,1-4H3. The highest BCUT2D eigenvalue weighted by Crippen LogP contribution is 2.25. The quantitative estimate of drug-likeness (QED) is 0.889. The fraction of sp³-hybridized carbons (Fsp3) is 0.438. The van der Waals surface area contributed by atoms with Crippen LogP contribution in [0.2, 0.25) is 0 Å². The van der Waals surface area contributed by atoms with Crippen LogP contribution in [0.15, 0.2) is 30.5 Å². The SMILES string of the molecule is CCNC(CC)c1ccc(-c2cnn(C)c2C)cc1. The van der Waals surface area contributed by atoms with E-state index in [4.69, 9.17) is 0 Å². The molecular weight excluding hydrogens is 234 g/mol. The number of benzene rings is 1. The van der Waals surface area contributed by atoms with Gasteiger partial charge in [0, 0.05) is 24.3 Å². The first-order chi connectivity index (χ1) is 9.17. The van der Waals surface area contributed by atoms with Crippen LogP contribution in [0.5, 0.6) is 0 Å². The fourth-order valence-corrected chi connectivity index (χ4v) is 2.42. The summed E-state index contributed by atoms with van der Waals surface area (Å²) in [4.78, 5) is 0. The van der Waals surface area contributed by atoms with Gasteiger partial charge < -0.3 is 5.32 Å². The third-order valence-electron chi connectivity index (χ3n) is 3.72. The second-order valence-electron chi connectivity index (χ2n) is 4.91. The maximum atomic E-state index is 4.30. The molecule has 2 aromatic rings. The fourth-order valence-electron chi connectivity index (χ4n) is 2.42. The smallest absolute Gasteiger partial charge is 0.0571 e. The summed E-state index contributed by atoms with van der Waals surface area (Å²) in [7, 11) is 1.98. The van der Waals surface area contributed by atoms with Crippen molar-refractivity contribution in [3.8, 4) is 11.1 Å². The van der Waals surface area contributed by atoms with Gasteiger partial charge in [0.2, 0.25) is 0 Å². The predicted octanol–water partition coefficient (Wildman–Crippen LogP) is 3.46. The summed E-state index contributed by atoms with van der Waals surface area (Å²) in [6.45, 7) is 7.47. The zero-order chi connectivity index (χ0) is 13.8. The van der Waals surface area contributed by atoms with Crippen molar-refractivity contribution in [2.24, 2.45) is 7.05 Å². The summed E-state index contributed by atoms with van der Waals surface area (Å²) in [5.41, 5.74) is 5.01. The average Bonchev–Trinajstić information content (AvgIpc) is 2.77. The van der Waals surface area contributed by atoms with E-state index < -0.39 is 0 Å². The van der Waals surface area contributed by atoms with E-state index in [-0.39, 0.29) is 0 Å². The van der Waals surface area contributed by atoms with Crippen LogP contribution in [0.1, 0.15) is 37.6 Å². The van der Waals surface area contributed by atoms with Crippen LogP contribution in [0.3, 0.4) is 0 Å². The van der Waals surface area contributed by atoms with Crippen LogP contribution in [-0.4, -0.2) is 16.3 Å². The van der Waals surface area contributed by atoms with Crippen LogP contribution >= 0.6 is 0 Å². The Balaban J connectivity index is 2.25. The Morgan fingerprint density at radius 3 is 2.37 bits per heavy atom. The van der Waals surface area contributed by atoms with Crippen LogP contribution in [-0.2, 0) is 7.05 Å². The molecule has 1 aromatic heterocycles. The van der Waals surface area contributed by atoms with Crippen LogP contribution < -0.4 is 5.32 Å². The van der Waals surface area contributed by atoms with Crippen molar-refractivity contribution in [3.63, 3.8) is 0 Å². The topological polar surface area (TPSA) is 29.9 Å². The molecule has 1 unspecified atom stereocenters. The van der Waals surface area contributed by atoms with Gasteiger partial charge in [-0.1, -0.05) is 38.1 Å². The molecule has 3 nitrogen and oxygen atoms in total. The zero-order valence-corrected chi connectivity index (χ0v) is 12.3. The molecule has 0 bridgehead atoms. The summed E-state index contributed by atoms with van der Waals surface area (Å²) in [5, 5.41) is 7.81. The molecule has 0 aliphatic heterocycles. The summed E-state index contributed by atoms with van der Waals surface area (Å²) in [5.74, 6) is 0. The molecule has 0 aliphatic carbocycles. The number of rotatable bonds is 5. The van der Waals surface area contributed by atoms with Gasteiger partial charge in [-0.2, -0.15) is 5.10 Å². The van der Waals surface area contributed by atoms with E-state index in [1.165, 1.54) is 22.4 Å². The Morgan fingerprint density at radius 2 is 1.89 bits per heavy atom. The third kappa shape index (κ3) is 2.87. The van der Waals surface area contributed by atoms with E-state index in [2.05, 4.69) is 55.5 Å². The molecule has 1 heterocycles. The molecule has 102 valence electrons. The molecule has 0 fully saturated rings. The van der Waals surface area contributed by atoms with Gasteiger partial charge in [0.25, 0.3) is 0 Å². The number of hydrogen-bond donors (Lipinski definition) is 1. The van der Waals surface area contributed by atoms with E-state index in [9.17, 15) is 0 Å². The second kappa shape index (κ2) is 6.02. The lowest BCUT2D eigenvalue weighted by Crippen LogP contribution is -2.19. The van der Waals surface area contributed by atoms with Crippen LogP contribution in [0.4, 0.5) is 0 Å². The van der Waals surface area contributed by atoms with Gasteiger partial charge >= 0.3 is 0 Å². The van der Waals surface area contributed by atoms with E-state index in [1.54, 1.807) is 0 Å². The number of aryl methyl sites for hydroxylation is 1. The first kappa shape index (κ1) is 13.8. The van der Waals surface area contributed by atoms with Crippen LogP contribution in [0, 0.1) is 6.92 Å². The minimum Gasteiger partial charge on any atom is -0.310 e. The molecule has 0 radical (unpaired) electrons. The van der Waals surface area contributed by atoms with Crippen molar-refractivity contribution in [3.05, 3.63) is 41.7 Å². The van der Waals surface area contributed by atoms with E-state index in [0.717, 1.165) is 13.0 Å². The van der Waals surface area contributed by atoms with Crippen molar-refractivity contribution in [1.82, 2.24) is 15.1 Å². The van der Waals surface area contributed by atoms with Gasteiger partial charge in [-0.15, -0.1) is 0 Å². The van der Waals surface area contributed by atoms with Crippen molar-refractivity contribution in [2.45, 2.75) is 33.2 Å². The van der Waals surface area contributed by atoms with Gasteiger partial charge in [0.05, 0.1) is 6.20 Å². The number of hydrogen-bond acceptors (Lipinski definition) is 2. The van der Waals surface area contributed by atoms with Gasteiger partial charge in [-0.25, -0.2) is 0 Å². The summed E-state index contributed by atoms with van der Waals surface area (Å²) in [6.07, 6.45) is 3.05. The Labute approximate surface area is 115 Å². The Bertz CT molecular complexity index is 525. The van der Waals surface area contributed by atoms with Crippen molar-refractivity contribution >= 4 is 0 Å². The molecule has 1 aromatic carbocycles. The lowest BCUT2D eigenvalue weighted by molar-refractivity contribution is 0.537. The molecule has 1 N–H and O–H groups in total. The first-order valence-corrected chi connectivity index (χ1v) is 6.99. The lowest BCUT2D eigenvalue weighted by Gasteiger charge is -2.16. The largest absolute Gasteiger partial charge is 0.310 e. The average molecular weight is 257 g/mol. The van der Waals surface area contributed by atoms with E-state index in [0.29, 0.717) is 6.04 Å². The molecule has 0 aliphatic rings. The molecule has 0 spiro atoms. The normalized spacial score (nSPS) is 12.6. The molecule has 0 amide bonds. The monoisotopic (exact) mass is 257 g/mol. The minimum absolute atomic E-state index is 0.453. The molecule has 1 atom stereocenters. The molecule has 2 rings (SSSR count). The third-order valence-corrected chi connectivity index (χ3v) is 3.72. The lowest BCUT2D eigenvalue weighted by atomic mass is 10.00. The highest BCUT2D eigenvalue weighted by molar-refractivity contribution is 5.65. The molecule has 0 saturated heterocycles. The molecule has 3 heteroatoms. The number of aromatic nitrogens is 2. The highest BCUT2D eigenvalue weighted by atomic mass is 15.3. The summed E-state index contributed by atoms with van der Waals surface area (Å²) in [6, 6.07) is 9.28. The highest BCUT2D eigenvalue weighted by Gasteiger charge is 2.09. The van der Waals surface area contributed by atoms with Crippen molar-refractivity contribution in [2.75, 3.05) is 6.54 Å². The molecular formula is C16H23N3. The van der Waals surface area contributed by atoms with Crippen LogP contribution in [0.25, 0.3) is 11.1 Å². The predicted molar refractivity (Wildman–Crippen MR) is 80.1 cm³/mol. The van der Waals surface area contributed by atoms with Gasteiger partial charge in [-0.3, -0.25) is 4.68 Å². The maximum absolute atomic E-state index is 4.30. The number of nitrogens with one attached hydrogen (secondary N) is 1. The van der Waals surface area contributed by atoms with Crippen molar-refractivity contribution < 1.29 is 0 Å². The second-order valence-corrected chi connectivity index (χ2v) is 4.91. The zero-order valence-electron chi connectivity index (χ0n) is 12.3. The van der Waals surface area contributed by atoms with Crippen molar-refractivity contribution in [1.29, 1.82) is 0 Å². The van der Waals surface area contributed by atoms with E-state index in [1.807, 2.05) is 17.9 Å². The molecule has 19 heavy (non-hydrogen) atoms. The summed E-state index contributed by atoms with van der Waals surface area (Å²) < 4.78 is 1.91. The number of nitrogens with zero attached hydrogens (tertiary/aromatic N) is 2. The summed E-state index contributed by atoms with van der Waals surface area (Å²) >= 11 is 0. The Hall–Kier alpha value is -1.61. The Morgan fingerprint density at radius 1 is 1.21 bits per heavy atom. The molecule has 0 saturated carbocycles. The minimum atomic E-state index is 0.453. The Kier molecular flexibility index (Phi) is 4.38. The van der Waals surface area contributed by atoms with E-state index >= 15 is 0 Å². The van der Waals surface area contributed by atoms with Gasteiger partial charge in [0.15, 0.2) is 0 Å². The van der Waals surface area contributed by atoms with Gasteiger partial charge in [0.1, 0.15) is 0 Å².